The standard InChI is InChI=1S/C17H16F3N3O2S/c18-17(19,20)11-2-1-10-5-14(26-13(10)6-11)16(25)22-8-12(9-22)23-4-3-21-7-15(23)24/h1-2,5-6,12,21H,3-4,7-9H2. The number of carbonyl (C=O) groups is 2. The number of nitrogens with one attached hydrogen (secondary N) is 1. The van der Waals surface area contributed by atoms with Gasteiger partial charge in [-0.3, -0.25) is 9.59 Å². The molecule has 1 N–H and O–H groups in total. The molecule has 138 valence electrons. The third-order valence-electron chi connectivity index (χ3n) is 4.77. The van der Waals surface area contributed by atoms with Gasteiger partial charge in [0.05, 0.1) is 23.0 Å². The lowest BCUT2D eigenvalue weighted by Gasteiger charge is -2.46. The Kier molecular flexibility index (Phi) is 4.15. The summed E-state index contributed by atoms with van der Waals surface area (Å²) in [5, 5.41) is 3.63. The van der Waals surface area contributed by atoms with Crippen molar-refractivity contribution in [1.82, 2.24) is 15.1 Å². The molecule has 3 heterocycles. The third-order valence-corrected chi connectivity index (χ3v) is 5.86. The Morgan fingerprint density at radius 1 is 1.23 bits per heavy atom. The maximum absolute atomic E-state index is 12.8. The minimum atomic E-state index is -4.40. The van der Waals surface area contributed by atoms with Crippen molar-refractivity contribution in [2.24, 2.45) is 0 Å². The van der Waals surface area contributed by atoms with Crippen molar-refractivity contribution in [1.29, 1.82) is 0 Å². The van der Waals surface area contributed by atoms with E-state index in [0.29, 0.717) is 41.1 Å². The maximum Gasteiger partial charge on any atom is 0.416 e. The lowest BCUT2D eigenvalue weighted by Crippen LogP contribution is -2.65. The molecule has 2 fully saturated rings. The number of nitrogens with zero attached hydrogens (tertiary/aromatic N) is 2. The van der Waals surface area contributed by atoms with Gasteiger partial charge in [-0.2, -0.15) is 13.2 Å². The number of halogens is 3. The fourth-order valence-electron chi connectivity index (χ4n) is 3.29. The van der Waals surface area contributed by atoms with Gasteiger partial charge in [0.25, 0.3) is 5.91 Å². The molecule has 0 saturated carbocycles. The molecule has 0 bridgehead atoms. The molecule has 26 heavy (non-hydrogen) atoms. The molecule has 1 aromatic heterocycles. The highest BCUT2D eigenvalue weighted by Crippen LogP contribution is 2.35. The molecular weight excluding hydrogens is 367 g/mol. The fraction of sp³-hybridized carbons (Fsp3) is 0.412. The average Bonchev–Trinajstić information content (AvgIpc) is 2.97. The van der Waals surface area contributed by atoms with Crippen LogP contribution in [0.4, 0.5) is 13.2 Å². The molecule has 2 aliphatic heterocycles. The first-order valence-corrected chi connectivity index (χ1v) is 9.05. The number of rotatable bonds is 2. The molecule has 2 aromatic rings. The van der Waals surface area contributed by atoms with Gasteiger partial charge in [-0.25, -0.2) is 0 Å². The number of amides is 2. The van der Waals surface area contributed by atoms with Gasteiger partial charge >= 0.3 is 6.18 Å². The van der Waals surface area contributed by atoms with Crippen LogP contribution >= 0.6 is 11.3 Å². The Balaban J connectivity index is 1.46. The first-order valence-electron chi connectivity index (χ1n) is 8.23. The maximum atomic E-state index is 12.8. The number of carbonyl (C=O) groups excluding carboxylic acids is 2. The number of alkyl halides is 3. The Bertz CT molecular complexity index is 874. The first kappa shape index (κ1) is 17.3. The monoisotopic (exact) mass is 383 g/mol. The van der Waals surface area contributed by atoms with E-state index in [2.05, 4.69) is 5.32 Å². The van der Waals surface area contributed by atoms with Gasteiger partial charge in [-0.1, -0.05) is 6.07 Å². The van der Waals surface area contributed by atoms with Gasteiger partial charge in [0, 0.05) is 30.9 Å². The number of benzene rings is 1. The van der Waals surface area contributed by atoms with Gasteiger partial charge in [0.15, 0.2) is 0 Å². The van der Waals surface area contributed by atoms with Crippen LogP contribution in [-0.2, 0) is 11.0 Å². The molecule has 5 nitrogen and oxygen atoms in total. The summed E-state index contributed by atoms with van der Waals surface area (Å²) in [6, 6.07) is 5.16. The summed E-state index contributed by atoms with van der Waals surface area (Å²) in [7, 11) is 0. The highest BCUT2D eigenvalue weighted by atomic mass is 32.1. The SMILES string of the molecule is O=C(c1cc2ccc(C(F)(F)F)cc2s1)N1CC(N2CCNCC2=O)C1. The van der Waals surface area contributed by atoms with Crippen LogP contribution in [0.2, 0.25) is 0 Å². The first-order chi connectivity index (χ1) is 12.3. The second-order valence-corrected chi connectivity index (χ2v) is 7.57. The Labute approximate surface area is 151 Å². The van der Waals surface area contributed by atoms with E-state index < -0.39 is 11.7 Å². The molecule has 0 unspecified atom stereocenters. The second-order valence-electron chi connectivity index (χ2n) is 6.49. The largest absolute Gasteiger partial charge is 0.416 e. The van der Waals surface area contributed by atoms with Crippen molar-refractivity contribution in [2.75, 3.05) is 32.7 Å². The normalized spacial score (nSPS) is 19.1. The van der Waals surface area contributed by atoms with E-state index in [0.717, 1.165) is 30.0 Å². The number of likely N-dealkylation sites (tertiary alicyclic amines) is 1. The van der Waals surface area contributed by atoms with Gasteiger partial charge < -0.3 is 15.1 Å². The Morgan fingerprint density at radius 3 is 2.69 bits per heavy atom. The van der Waals surface area contributed by atoms with E-state index >= 15 is 0 Å². The third kappa shape index (κ3) is 3.05. The molecule has 2 saturated heterocycles. The molecule has 0 radical (unpaired) electrons. The highest BCUT2D eigenvalue weighted by Gasteiger charge is 2.38. The molecule has 0 aliphatic carbocycles. The van der Waals surface area contributed by atoms with Crippen LogP contribution in [0.3, 0.4) is 0 Å². The molecule has 9 heteroatoms. The highest BCUT2D eigenvalue weighted by molar-refractivity contribution is 7.20. The van der Waals surface area contributed by atoms with Crippen molar-refractivity contribution in [2.45, 2.75) is 12.2 Å². The summed E-state index contributed by atoms with van der Waals surface area (Å²) in [5.41, 5.74) is -0.716. The zero-order chi connectivity index (χ0) is 18.5. The van der Waals surface area contributed by atoms with Crippen LogP contribution in [-0.4, -0.2) is 60.4 Å². The summed E-state index contributed by atoms with van der Waals surface area (Å²) >= 11 is 1.07. The summed E-state index contributed by atoms with van der Waals surface area (Å²) in [5.74, 6) is -0.159. The summed E-state index contributed by atoms with van der Waals surface area (Å²) in [6.07, 6.45) is -4.40. The van der Waals surface area contributed by atoms with Gasteiger partial charge in [-0.05, 0) is 23.6 Å². The lowest BCUT2D eigenvalue weighted by molar-refractivity contribution is -0.138. The predicted octanol–water partition coefficient (Wildman–Crippen LogP) is 2.18. The fourth-order valence-corrected chi connectivity index (χ4v) is 4.36. The number of piperazine rings is 1. The van der Waals surface area contributed by atoms with Crippen molar-refractivity contribution in [3.05, 3.63) is 34.7 Å². The van der Waals surface area contributed by atoms with Crippen LogP contribution in [0.1, 0.15) is 15.2 Å². The zero-order valence-corrected chi connectivity index (χ0v) is 14.5. The van der Waals surface area contributed by atoms with Gasteiger partial charge in [0.1, 0.15) is 0 Å². The summed E-state index contributed by atoms with van der Waals surface area (Å²) in [4.78, 5) is 28.3. The summed E-state index contributed by atoms with van der Waals surface area (Å²) < 4.78 is 38.9. The Hall–Kier alpha value is -2.13. The van der Waals surface area contributed by atoms with E-state index in [9.17, 15) is 22.8 Å². The van der Waals surface area contributed by atoms with Crippen molar-refractivity contribution in [3.8, 4) is 0 Å². The number of hydrogen-bond acceptors (Lipinski definition) is 4. The quantitative estimate of drug-likeness (QED) is 0.865. The van der Waals surface area contributed by atoms with Crippen LogP contribution in [0.25, 0.3) is 10.1 Å². The Morgan fingerprint density at radius 2 is 2.00 bits per heavy atom. The lowest BCUT2D eigenvalue weighted by atomic mass is 10.1. The van der Waals surface area contributed by atoms with Gasteiger partial charge in [0.2, 0.25) is 5.91 Å². The van der Waals surface area contributed by atoms with E-state index in [1.54, 1.807) is 15.9 Å². The zero-order valence-electron chi connectivity index (χ0n) is 13.7. The van der Waals surface area contributed by atoms with Crippen LogP contribution in [0, 0.1) is 0 Å². The molecule has 0 spiro atoms. The minimum Gasteiger partial charge on any atom is -0.334 e. The number of hydrogen-bond donors (Lipinski definition) is 1. The van der Waals surface area contributed by atoms with Gasteiger partial charge in [-0.15, -0.1) is 11.3 Å². The van der Waals surface area contributed by atoms with Crippen LogP contribution in [0.15, 0.2) is 24.3 Å². The predicted molar refractivity (Wildman–Crippen MR) is 91.1 cm³/mol. The van der Waals surface area contributed by atoms with E-state index in [-0.39, 0.29) is 17.9 Å². The minimum absolute atomic E-state index is 0.0276. The molecule has 2 aliphatic rings. The number of thiophene rings is 1. The number of fused-ring (bicyclic) bond motifs is 1. The smallest absolute Gasteiger partial charge is 0.334 e. The van der Waals surface area contributed by atoms with Crippen molar-refractivity contribution < 1.29 is 22.8 Å². The van der Waals surface area contributed by atoms with E-state index in [1.165, 1.54) is 6.07 Å². The average molecular weight is 383 g/mol. The van der Waals surface area contributed by atoms with Crippen molar-refractivity contribution in [3.63, 3.8) is 0 Å². The van der Waals surface area contributed by atoms with E-state index in [4.69, 9.17) is 0 Å². The van der Waals surface area contributed by atoms with Crippen LogP contribution in [0.5, 0.6) is 0 Å². The molecule has 1 aromatic carbocycles. The molecule has 4 rings (SSSR count). The molecule has 2 amide bonds. The summed E-state index contributed by atoms with van der Waals surface area (Å²) in [6.45, 7) is 2.63. The van der Waals surface area contributed by atoms with Crippen LogP contribution < -0.4 is 5.32 Å². The van der Waals surface area contributed by atoms with Crippen molar-refractivity contribution >= 4 is 33.2 Å². The second kappa shape index (κ2) is 6.24. The van der Waals surface area contributed by atoms with E-state index in [1.807, 2.05) is 0 Å². The topological polar surface area (TPSA) is 52.7 Å². The molecular formula is C17H16F3N3O2S. The molecule has 0 atom stereocenters.